The maximum Gasteiger partial charge on any atom is 0.240 e. The Morgan fingerprint density at radius 2 is 1.89 bits per heavy atom. The molecule has 0 aromatic heterocycles. The molecular weight excluding hydrogens is 338 g/mol. The van der Waals surface area contributed by atoms with Gasteiger partial charge in [-0.15, -0.1) is 0 Å². The largest absolute Gasteiger partial charge is 0.326 e. The molecule has 0 unspecified atom stereocenters. The second kappa shape index (κ2) is 9.31. The Bertz CT molecular complexity index is 806. The molecule has 0 spiro atoms. The lowest BCUT2D eigenvalue weighted by Gasteiger charge is -2.22. The summed E-state index contributed by atoms with van der Waals surface area (Å²) in [6.45, 7) is 12.0. The van der Waals surface area contributed by atoms with Crippen LogP contribution in [0.5, 0.6) is 0 Å². The Balaban J connectivity index is 1.83. The first kappa shape index (κ1) is 20.6. The molecule has 0 bridgehead atoms. The van der Waals surface area contributed by atoms with Crippen molar-refractivity contribution in [1.29, 1.82) is 0 Å². The minimum atomic E-state index is -0.261. The minimum absolute atomic E-state index is 0.0974. The van der Waals surface area contributed by atoms with Gasteiger partial charge in [-0.3, -0.25) is 9.59 Å². The van der Waals surface area contributed by atoms with Crippen LogP contribution in [0.4, 0.5) is 5.69 Å². The van der Waals surface area contributed by atoms with E-state index in [-0.39, 0.29) is 24.7 Å². The van der Waals surface area contributed by atoms with Gasteiger partial charge in [0.15, 0.2) is 0 Å². The molecule has 1 aliphatic rings. The van der Waals surface area contributed by atoms with Crippen LogP contribution < -0.4 is 10.7 Å². The highest BCUT2D eigenvalue weighted by Gasteiger charge is 2.19. The van der Waals surface area contributed by atoms with Gasteiger partial charge in [0.05, 0.1) is 5.71 Å². The number of aryl methyl sites for hydroxylation is 2. The van der Waals surface area contributed by atoms with Gasteiger partial charge < -0.3 is 5.32 Å². The molecule has 0 fully saturated rings. The van der Waals surface area contributed by atoms with Crippen molar-refractivity contribution in [3.05, 3.63) is 53.1 Å². The SMILES string of the molecule is C=C(C)[C@@H]1CC=C(C)C(=NNC(=O)CCC(=O)Nc2ccc(C)cc2C)C1. The lowest BCUT2D eigenvalue weighted by atomic mass is 9.85. The molecule has 2 rings (SSSR count). The van der Waals surface area contributed by atoms with Crippen LogP contribution in [0.15, 0.2) is 47.1 Å². The Morgan fingerprint density at radius 1 is 1.19 bits per heavy atom. The van der Waals surface area contributed by atoms with Crippen molar-refractivity contribution in [1.82, 2.24) is 5.43 Å². The summed E-state index contributed by atoms with van der Waals surface area (Å²) in [6.07, 6.45) is 4.09. The summed E-state index contributed by atoms with van der Waals surface area (Å²) in [6, 6.07) is 5.84. The highest BCUT2D eigenvalue weighted by Crippen LogP contribution is 2.26. The fraction of sp³-hybridized carbons (Fsp3) is 0.409. The van der Waals surface area contributed by atoms with E-state index in [1.807, 2.05) is 45.9 Å². The van der Waals surface area contributed by atoms with Crippen LogP contribution in [0.1, 0.15) is 50.7 Å². The summed E-state index contributed by atoms with van der Waals surface area (Å²) in [5, 5.41) is 7.11. The molecule has 1 aliphatic carbocycles. The van der Waals surface area contributed by atoms with E-state index in [1.165, 1.54) is 0 Å². The van der Waals surface area contributed by atoms with E-state index in [1.54, 1.807) is 0 Å². The van der Waals surface area contributed by atoms with Crippen LogP contribution in [0.3, 0.4) is 0 Å². The number of hydrogen-bond donors (Lipinski definition) is 2. The smallest absolute Gasteiger partial charge is 0.240 e. The minimum Gasteiger partial charge on any atom is -0.326 e. The van der Waals surface area contributed by atoms with Gasteiger partial charge in [-0.25, -0.2) is 5.43 Å². The van der Waals surface area contributed by atoms with Crippen molar-refractivity contribution >= 4 is 23.2 Å². The predicted octanol–water partition coefficient (Wildman–Crippen LogP) is 4.43. The van der Waals surface area contributed by atoms with E-state index in [9.17, 15) is 9.59 Å². The Kier molecular flexibility index (Phi) is 7.11. The number of rotatable bonds is 6. The van der Waals surface area contributed by atoms with Crippen molar-refractivity contribution < 1.29 is 9.59 Å². The van der Waals surface area contributed by atoms with Crippen LogP contribution >= 0.6 is 0 Å². The molecule has 27 heavy (non-hydrogen) atoms. The van der Waals surface area contributed by atoms with Gasteiger partial charge in [-0.1, -0.05) is 35.9 Å². The van der Waals surface area contributed by atoms with Crippen LogP contribution in [-0.2, 0) is 9.59 Å². The Labute approximate surface area is 161 Å². The van der Waals surface area contributed by atoms with Gasteiger partial charge in [-0.05, 0) is 63.7 Å². The number of carbonyl (C=O) groups is 2. The molecule has 1 aromatic rings. The fourth-order valence-electron chi connectivity index (χ4n) is 3.00. The van der Waals surface area contributed by atoms with Crippen molar-refractivity contribution in [2.75, 3.05) is 5.32 Å². The van der Waals surface area contributed by atoms with Crippen LogP contribution in [0.25, 0.3) is 0 Å². The maximum atomic E-state index is 12.1. The maximum absolute atomic E-state index is 12.1. The first-order valence-electron chi connectivity index (χ1n) is 9.31. The monoisotopic (exact) mass is 367 g/mol. The lowest BCUT2D eigenvalue weighted by Crippen LogP contribution is -2.24. The Morgan fingerprint density at radius 3 is 2.56 bits per heavy atom. The van der Waals surface area contributed by atoms with Crippen molar-refractivity contribution in [2.45, 2.75) is 53.4 Å². The number of benzene rings is 1. The van der Waals surface area contributed by atoms with Gasteiger partial charge >= 0.3 is 0 Å². The predicted molar refractivity (Wildman–Crippen MR) is 111 cm³/mol. The molecule has 2 amide bonds. The van der Waals surface area contributed by atoms with Gasteiger partial charge in [0, 0.05) is 18.5 Å². The van der Waals surface area contributed by atoms with Crippen LogP contribution in [0.2, 0.25) is 0 Å². The number of nitrogens with one attached hydrogen (secondary N) is 2. The molecule has 0 aliphatic heterocycles. The summed E-state index contributed by atoms with van der Waals surface area (Å²) in [5.74, 6) is -0.0720. The van der Waals surface area contributed by atoms with Gasteiger partial charge in [0.2, 0.25) is 11.8 Å². The number of carbonyl (C=O) groups excluding carboxylic acids is 2. The number of allylic oxidation sites excluding steroid dienone is 3. The molecule has 0 saturated carbocycles. The molecule has 0 heterocycles. The Hall–Kier alpha value is -2.69. The number of amides is 2. The highest BCUT2D eigenvalue weighted by atomic mass is 16.2. The van der Waals surface area contributed by atoms with Crippen molar-refractivity contribution in [2.24, 2.45) is 11.0 Å². The fourth-order valence-corrected chi connectivity index (χ4v) is 3.00. The first-order valence-corrected chi connectivity index (χ1v) is 9.31. The second-order valence-corrected chi connectivity index (χ2v) is 7.33. The third kappa shape index (κ3) is 6.20. The van der Waals surface area contributed by atoms with E-state index in [0.29, 0.717) is 5.92 Å². The molecule has 1 atom stereocenters. The topological polar surface area (TPSA) is 70.6 Å². The zero-order valence-corrected chi connectivity index (χ0v) is 16.7. The van der Waals surface area contributed by atoms with E-state index in [2.05, 4.69) is 28.5 Å². The zero-order chi connectivity index (χ0) is 20.0. The number of hydrogen-bond acceptors (Lipinski definition) is 3. The van der Waals surface area contributed by atoms with E-state index < -0.39 is 0 Å². The molecule has 1 aromatic carbocycles. The summed E-state index contributed by atoms with van der Waals surface area (Å²) >= 11 is 0. The third-order valence-corrected chi connectivity index (χ3v) is 4.85. The molecule has 144 valence electrons. The lowest BCUT2D eigenvalue weighted by molar-refractivity contribution is -0.124. The summed E-state index contributed by atoms with van der Waals surface area (Å²) < 4.78 is 0. The van der Waals surface area contributed by atoms with Crippen molar-refractivity contribution in [3.63, 3.8) is 0 Å². The van der Waals surface area contributed by atoms with E-state index >= 15 is 0 Å². The average molecular weight is 367 g/mol. The summed E-state index contributed by atoms with van der Waals surface area (Å²) in [5.41, 5.74) is 8.59. The van der Waals surface area contributed by atoms with Crippen LogP contribution in [-0.4, -0.2) is 17.5 Å². The van der Waals surface area contributed by atoms with E-state index in [4.69, 9.17) is 0 Å². The van der Waals surface area contributed by atoms with Gasteiger partial charge in [0.1, 0.15) is 0 Å². The van der Waals surface area contributed by atoms with Crippen molar-refractivity contribution in [3.8, 4) is 0 Å². The van der Waals surface area contributed by atoms with Crippen LogP contribution in [0, 0.1) is 19.8 Å². The summed E-state index contributed by atoms with van der Waals surface area (Å²) in [4.78, 5) is 24.1. The molecule has 0 saturated heterocycles. The molecule has 5 nitrogen and oxygen atoms in total. The standard InChI is InChI=1S/C22H29N3O2/c1-14(2)18-8-7-16(4)20(13-18)24-25-22(27)11-10-21(26)23-19-9-6-15(3)12-17(19)5/h6-7,9,12,18H,1,8,10-11,13H2,2-5H3,(H,23,26)(H,25,27)/t18-/m1/s1. The second-order valence-electron chi connectivity index (χ2n) is 7.33. The molecule has 0 radical (unpaired) electrons. The van der Waals surface area contributed by atoms with Gasteiger partial charge in [0.25, 0.3) is 0 Å². The zero-order valence-electron chi connectivity index (χ0n) is 16.7. The normalized spacial score (nSPS) is 18.0. The number of nitrogens with zero attached hydrogens (tertiary/aromatic N) is 1. The average Bonchev–Trinajstić information content (AvgIpc) is 2.61. The van der Waals surface area contributed by atoms with E-state index in [0.717, 1.165) is 46.5 Å². The number of hydrazone groups is 1. The van der Waals surface area contributed by atoms with Gasteiger partial charge in [-0.2, -0.15) is 5.10 Å². The highest BCUT2D eigenvalue weighted by molar-refractivity contribution is 6.01. The molecule has 2 N–H and O–H groups in total. The summed E-state index contributed by atoms with van der Waals surface area (Å²) in [7, 11) is 0. The number of anilines is 1. The molecular formula is C22H29N3O2. The molecule has 5 heteroatoms. The quantitative estimate of drug-likeness (QED) is 0.577. The third-order valence-electron chi connectivity index (χ3n) is 4.85. The first-order chi connectivity index (χ1) is 12.8.